The molecule has 2 aromatic carbocycles. The first-order valence-corrected chi connectivity index (χ1v) is 10.9. The highest BCUT2D eigenvalue weighted by atomic mass is 16.3. The number of unbranched alkanes of at least 4 members (excludes halogenated alkanes) is 1. The highest BCUT2D eigenvalue weighted by Crippen LogP contribution is 2.42. The number of allylic oxidation sites excluding steroid dienone is 3. The second-order valence-electron chi connectivity index (χ2n) is 7.89. The minimum absolute atomic E-state index is 0. The van der Waals surface area contributed by atoms with Crippen LogP contribution < -0.4 is 9.47 Å². The van der Waals surface area contributed by atoms with Gasteiger partial charge in [-0.3, -0.25) is 0 Å². The predicted molar refractivity (Wildman–Crippen MR) is 132 cm³/mol. The number of aromatic nitrogens is 2. The lowest BCUT2D eigenvalue weighted by molar-refractivity contribution is -0.646. The maximum atomic E-state index is 6.04. The Balaban J connectivity index is 0.00000245. The number of para-hydroxylation sites is 2. The summed E-state index contributed by atoms with van der Waals surface area (Å²) in [6, 6.07) is 23.1. The minimum atomic E-state index is 0. The fourth-order valence-electron chi connectivity index (χ4n) is 4.16. The van der Waals surface area contributed by atoms with Crippen molar-refractivity contribution >= 4 is 34.3 Å². The average Bonchev–Trinajstić information content (AvgIpc) is 3.22. The number of pyridine rings is 1. The maximum absolute atomic E-state index is 6.04. The van der Waals surface area contributed by atoms with E-state index in [1.54, 1.807) is 0 Å². The third kappa shape index (κ3) is 3.96. The van der Waals surface area contributed by atoms with Crippen LogP contribution in [-0.4, -0.2) is 4.98 Å². The van der Waals surface area contributed by atoms with Gasteiger partial charge >= 0.3 is 11.5 Å². The Labute approximate surface area is 190 Å². The van der Waals surface area contributed by atoms with E-state index in [4.69, 9.17) is 9.40 Å². The van der Waals surface area contributed by atoms with Gasteiger partial charge in [-0.15, -0.1) is 0 Å². The van der Waals surface area contributed by atoms with E-state index in [2.05, 4.69) is 78.6 Å². The molecule has 0 atom stereocenters. The molecular weight excluding hydrogens is 394 g/mol. The molecule has 0 spiro atoms. The van der Waals surface area contributed by atoms with Crippen LogP contribution in [0.3, 0.4) is 0 Å². The van der Waals surface area contributed by atoms with Crippen LogP contribution in [0.2, 0.25) is 0 Å². The second kappa shape index (κ2) is 9.23. The van der Waals surface area contributed by atoms with Crippen LogP contribution in [0, 0.1) is 0 Å². The van der Waals surface area contributed by atoms with Gasteiger partial charge in [0.2, 0.25) is 5.58 Å². The molecule has 0 saturated heterocycles. The van der Waals surface area contributed by atoms with Crippen LogP contribution >= 0.6 is 0 Å². The molecule has 4 nitrogen and oxygen atoms in total. The van der Waals surface area contributed by atoms with Gasteiger partial charge in [-0.25, -0.2) is 4.57 Å². The lowest BCUT2D eigenvalue weighted by atomic mass is 9.94. The van der Waals surface area contributed by atoms with E-state index >= 15 is 0 Å². The Morgan fingerprint density at radius 3 is 2.56 bits per heavy atom. The van der Waals surface area contributed by atoms with Crippen LogP contribution in [0.4, 0.5) is 11.4 Å². The molecule has 0 saturated carbocycles. The van der Waals surface area contributed by atoms with Gasteiger partial charge in [0.15, 0.2) is 0 Å². The van der Waals surface area contributed by atoms with E-state index in [0.717, 1.165) is 36.1 Å². The second-order valence-corrected chi connectivity index (χ2v) is 7.89. The number of hydrogen-bond acceptors (Lipinski definition) is 3. The fraction of sp³-hybridized carbons (Fsp3) is 0.214. The zero-order valence-corrected chi connectivity index (χ0v) is 18.0. The Bertz CT molecular complexity index is 1280. The Morgan fingerprint density at radius 1 is 1.00 bits per heavy atom. The molecule has 5 rings (SSSR count). The number of rotatable bonds is 5. The summed E-state index contributed by atoms with van der Waals surface area (Å²) in [6.45, 7) is 2.24. The molecule has 2 aromatic heterocycles. The molecule has 0 aliphatic carbocycles. The van der Waals surface area contributed by atoms with Gasteiger partial charge < -0.3 is 9.32 Å². The summed E-state index contributed by atoms with van der Waals surface area (Å²) in [4.78, 5) is 7.10. The third-order valence-electron chi connectivity index (χ3n) is 5.69. The van der Waals surface area contributed by atoms with Gasteiger partial charge in [0.1, 0.15) is 0 Å². The van der Waals surface area contributed by atoms with Gasteiger partial charge in [-0.2, -0.15) is 0 Å². The molecule has 4 aromatic rings. The van der Waals surface area contributed by atoms with E-state index in [-0.39, 0.29) is 7.43 Å². The van der Waals surface area contributed by atoms with Crippen molar-refractivity contribution in [3.63, 3.8) is 0 Å². The molecule has 4 heteroatoms. The van der Waals surface area contributed by atoms with Crippen molar-refractivity contribution in [2.24, 2.45) is 7.05 Å². The van der Waals surface area contributed by atoms with Crippen molar-refractivity contribution in [3.05, 3.63) is 96.2 Å². The van der Waals surface area contributed by atoms with E-state index in [1.165, 1.54) is 22.6 Å². The van der Waals surface area contributed by atoms with Crippen molar-refractivity contribution in [2.75, 3.05) is 4.90 Å². The van der Waals surface area contributed by atoms with Crippen LogP contribution in [-0.2, 0) is 7.05 Å². The Hall–Kier alpha value is -3.66. The summed E-state index contributed by atoms with van der Waals surface area (Å²) >= 11 is 0. The van der Waals surface area contributed by atoms with Crippen molar-refractivity contribution in [2.45, 2.75) is 33.6 Å². The molecule has 1 aliphatic heterocycles. The molecule has 1 aliphatic rings. The number of aryl methyl sites for hydroxylation is 1. The first kappa shape index (κ1) is 21.6. The van der Waals surface area contributed by atoms with Crippen molar-refractivity contribution in [1.82, 2.24) is 4.98 Å². The summed E-state index contributed by atoms with van der Waals surface area (Å²) in [5, 5.41) is 0. The summed E-state index contributed by atoms with van der Waals surface area (Å²) in [5.41, 5.74) is 7.61. The van der Waals surface area contributed by atoms with Crippen molar-refractivity contribution in [3.8, 4) is 0 Å². The van der Waals surface area contributed by atoms with Gasteiger partial charge in [0.25, 0.3) is 0 Å². The van der Waals surface area contributed by atoms with Gasteiger partial charge in [0, 0.05) is 28.0 Å². The van der Waals surface area contributed by atoms with E-state index < -0.39 is 0 Å². The lowest BCUT2D eigenvalue weighted by Gasteiger charge is -2.33. The number of anilines is 2. The molecular formula is C28H30N3O+. The molecule has 0 bridgehead atoms. The molecule has 0 unspecified atom stereocenters. The summed E-state index contributed by atoms with van der Waals surface area (Å²) in [6.07, 6.45) is 9.65. The monoisotopic (exact) mass is 424 g/mol. The van der Waals surface area contributed by atoms with Crippen LogP contribution in [0.1, 0.15) is 45.1 Å². The zero-order valence-electron chi connectivity index (χ0n) is 18.0. The highest BCUT2D eigenvalue weighted by Gasteiger charge is 2.25. The smallest absolute Gasteiger partial charge is 0.370 e. The van der Waals surface area contributed by atoms with Gasteiger partial charge in [-0.1, -0.05) is 57.2 Å². The third-order valence-corrected chi connectivity index (χ3v) is 5.69. The standard InChI is InChI=1S/C27H26N3O.CH4/c1-3-4-11-22-18-20(19-26-28-27-25(31-26)16-10-17-29(27)2)23-14-8-9-15-24(23)30(22)21-12-6-5-7-13-21;/h5-10,12-19H,3-4,11H2,1-2H3;1H4/q+1;. The van der Waals surface area contributed by atoms with Gasteiger partial charge in [0.05, 0.1) is 18.9 Å². The van der Waals surface area contributed by atoms with E-state index in [0.29, 0.717) is 5.89 Å². The normalized spacial score (nSPS) is 14.2. The lowest BCUT2D eigenvalue weighted by Crippen LogP contribution is -2.28. The molecule has 0 N–H and O–H groups in total. The largest absolute Gasteiger partial charge is 0.411 e. The van der Waals surface area contributed by atoms with Crippen LogP contribution in [0.5, 0.6) is 0 Å². The zero-order chi connectivity index (χ0) is 21.2. The van der Waals surface area contributed by atoms with Crippen LogP contribution in [0.15, 0.2) is 89.1 Å². The van der Waals surface area contributed by atoms with Crippen molar-refractivity contribution < 1.29 is 8.98 Å². The number of fused-ring (bicyclic) bond motifs is 2. The molecule has 0 amide bonds. The Morgan fingerprint density at radius 2 is 1.78 bits per heavy atom. The maximum Gasteiger partial charge on any atom is 0.370 e. The average molecular weight is 425 g/mol. The van der Waals surface area contributed by atoms with Crippen molar-refractivity contribution in [1.29, 1.82) is 0 Å². The number of nitrogens with zero attached hydrogens (tertiary/aromatic N) is 3. The quantitative estimate of drug-likeness (QED) is 0.322. The molecule has 32 heavy (non-hydrogen) atoms. The minimum Gasteiger partial charge on any atom is -0.411 e. The molecule has 3 heterocycles. The SMILES string of the molecule is C.CCCCC1=CC(=Cc2nc3c(ccc[n+]3C)o2)c2ccccc2N1c1ccccc1. The molecule has 162 valence electrons. The van der Waals surface area contributed by atoms with E-state index in [1.807, 2.05) is 29.9 Å². The summed E-state index contributed by atoms with van der Waals surface area (Å²) < 4.78 is 8.02. The number of benzene rings is 2. The number of hydrogen-bond donors (Lipinski definition) is 0. The summed E-state index contributed by atoms with van der Waals surface area (Å²) in [5.74, 6) is 0.626. The predicted octanol–water partition coefficient (Wildman–Crippen LogP) is 7.05. The number of oxazole rings is 1. The van der Waals surface area contributed by atoms with Gasteiger partial charge in [-0.05, 0) is 54.8 Å². The first-order chi connectivity index (χ1) is 15.2. The fourth-order valence-corrected chi connectivity index (χ4v) is 4.16. The van der Waals surface area contributed by atoms with Crippen LogP contribution in [0.25, 0.3) is 22.9 Å². The molecule has 0 fully saturated rings. The molecule has 0 radical (unpaired) electrons. The highest BCUT2D eigenvalue weighted by molar-refractivity contribution is 5.97. The Kier molecular flexibility index (Phi) is 6.22. The summed E-state index contributed by atoms with van der Waals surface area (Å²) in [7, 11) is 1.98. The first-order valence-electron chi connectivity index (χ1n) is 10.9. The topological polar surface area (TPSA) is 33.1 Å². The van der Waals surface area contributed by atoms with E-state index in [9.17, 15) is 0 Å².